The molecule has 37 heavy (non-hydrogen) atoms. The van der Waals surface area contributed by atoms with Crippen LogP contribution in [0.15, 0.2) is 53.6 Å². The summed E-state index contributed by atoms with van der Waals surface area (Å²) in [5.74, 6) is -2.18. The molecule has 4 aromatic rings. The van der Waals surface area contributed by atoms with Crippen LogP contribution in [0.1, 0.15) is 48.8 Å². The van der Waals surface area contributed by atoms with Crippen molar-refractivity contribution >= 4 is 28.4 Å². The van der Waals surface area contributed by atoms with Crippen molar-refractivity contribution in [3.63, 3.8) is 0 Å². The second kappa shape index (κ2) is 8.50. The largest absolute Gasteiger partial charge is 0.371 e. The number of fused-ring (bicyclic) bond motifs is 2. The van der Waals surface area contributed by atoms with Gasteiger partial charge in [0.15, 0.2) is 17.3 Å². The van der Waals surface area contributed by atoms with Crippen molar-refractivity contribution in [2.75, 3.05) is 29.4 Å². The Morgan fingerprint density at radius 1 is 1.08 bits per heavy atom. The standard InChI is InChI=1S/C27H26F2N6O2/c1-27(2)15-34(20-6-5-18(28)23(29)22(20)27)25(36)19-14-17(7-11-30-19)33-12-8-16(9-13-33)35-21-4-3-10-31-24(21)32-26(35)37/h3-7,10-11,14,16H,8-9,12-13,15H2,1-2H3,(H,31,32,37). The Hall–Kier alpha value is -4.08. The summed E-state index contributed by atoms with van der Waals surface area (Å²) in [5.41, 5.74) is 2.18. The number of amides is 1. The SMILES string of the molecule is CC1(C)CN(C(=O)c2cc(N3CCC(n4c(=O)[nH]c5ncccc54)CC3)ccn2)c2ccc(F)c(F)c21. The van der Waals surface area contributed by atoms with Crippen molar-refractivity contribution in [1.82, 2.24) is 19.5 Å². The molecular formula is C27H26F2N6O2. The molecule has 1 amide bonds. The molecule has 2 aliphatic heterocycles. The fourth-order valence-electron chi connectivity index (χ4n) is 5.72. The van der Waals surface area contributed by atoms with Gasteiger partial charge < -0.3 is 9.80 Å². The first-order chi connectivity index (χ1) is 17.7. The molecule has 8 nitrogen and oxygen atoms in total. The Labute approximate surface area is 211 Å². The molecule has 10 heteroatoms. The van der Waals surface area contributed by atoms with Crippen molar-refractivity contribution in [2.24, 2.45) is 0 Å². The summed E-state index contributed by atoms with van der Waals surface area (Å²) in [5, 5.41) is 0. The first-order valence-electron chi connectivity index (χ1n) is 12.3. The molecule has 190 valence electrons. The van der Waals surface area contributed by atoms with E-state index in [4.69, 9.17) is 0 Å². The molecule has 0 bridgehead atoms. The molecule has 0 spiro atoms. The second-order valence-corrected chi connectivity index (χ2v) is 10.3. The van der Waals surface area contributed by atoms with Crippen molar-refractivity contribution in [3.05, 3.63) is 82.2 Å². The molecule has 1 N–H and O–H groups in total. The zero-order chi connectivity index (χ0) is 25.9. The number of hydrogen-bond donors (Lipinski definition) is 1. The van der Waals surface area contributed by atoms with Crippen molar-refractivity contribution in [1.29, 1.82) is 0 Å². The number of nitrogens with zero attached hydrogens (tertiary/aromatic N) is 5. The molecule has 0 radical (unpaired) electrons. The summed E-state index contributed by atoms with van der Waals surface area (Å²) in [6, 6.07) is 9.87. The average Bonchev–Trinajstić information content (AvgIpc) is 3.38. The van der Waals surface area contributed by atoms with E-state index in [0.29, 0.717) is 24.4 Å². The van der Waals surface area contributed by atoms with Crippen LogP contribution in [0.2, 0.25) is 0 Å². The van der Waals surface area contributed by atoms with Crippen molar-refractivity contribution in [2.45, 2.75) is 38.1 Å². The van der Waals surface area contributed by atoms with Gasteiger partial charge in [0.25, 0.3) is 5.91 Å². The summed E-state index contributed by atoms with van der Waals surface area (Å²) in [6.07, 6.45) is 4.76. The van der Waals surface area contributed by atoms with Crippen molar-refractivity contribution < 1.29 is 13.6 Å². The van der Waals surface area contributed by atoms with Crippen LogP contribution >= 0.6 is 0 Å². The summed E-state index contributed by atoms with van der Waals surface area (Å²) in [6.45, 7) is 5.22. The highest BCUT2D eigenvalue weighted by molar-refractivity contribution is 6.07. The Kier molecular flexibility index (Phi) is 5.36. The van der Waals surface area contributed by atoms with Crippen LogP contribution in [0.4, 0.5) is 20.2 Å². The maximum Gasteiger partial charge on any atom is 0.327 e. The van der Waals surface area contributed by atoms with E-state index < -0.39 is 17.0 Å². The first-order valence-corrected chi connectivity index (χ1v) is 12.3. The Balaban J connectivity index is 1.22. The monoisotopic (exact) mass is 504 g/mol. The van der Waals surface area contributed by atoms with Gasteiger partial charge in [-0.2, -0.15) is 0 Å². The van der Waals surface area contributed by atoms with E-state index in [9.17, 15) is 18.4 Å². The normalized spacial score (nSPS) is 17.4. The lowest BCUT2D eigenvalue weighted by Crippen LogP contribution is -2.37. The minimum atomic E-state index is -0.921. The molecule has 0 saturated carbocycles. The maximum atomic E-state index is 14.6. The highest BCUT2D eigenvalue weighted by Crippen LogP contribution is 2.43. The zero-order valence-corrected chi connectivity index (χ0v) is 20.5. The molecule has 3 aromatic heterocycles. The zero-order valence-electron chi connectivity index (χ0n) is 20.5. The molecule has 5 heterocycles. The van der Waals surface area contributed by atoms with Gasteiger partial charge in [0.1, 0.15) is 5.69 Å². The lowest BCUT2D eigenvalue weighted by atomic mass is 9.86. The number of aromatic amines is 1. The third kappa shape index (κ3) is 3.78. The Morgan fingerprint density at radius 2 is 1.86 bits per heavy atom. The number of rotatable bonds is 3. The third-order valence-corrected chi connectivity index (χ3v) is 7.49. The van der Waals surface area contributed by atoms with Gasteiger partial charge in [0, 0.05) is 54.7 Å². The van der Waals surface area contributed by atoms with Crippen LogP contribution in [0.25, 0.3) is 11.2 Å². The van der Waals surface area contributed by atoms with Crippen LogP contribution in [0.5, 0.6) is 0 Å². The van der Waals surface area contributed by atoms with Crippen LogP contribution in [0, 0.1) is 11.6 Å². The van der Waals surface area contributed by atoms with Crippen LogP contribution < -0.4 is 15.5 Å². The van der Waals surface area contributed by atoms with Gasteiger partial charge >= 0.3 is 5.69 Å². The number of halogens is 2. The van der Waals surface area contributed by atoms with E-state index in [1.807, 2.05) is 18.2 Å². The number of imidazole rings is 1. The van der Waals surface area contributed by atoms with Gasteiger partial charge in [-0.3, -0.25) is 19.3 Å². The average molecular weight is 505 g/mol. The number of H-pyrrole nitrogens is 1. The number of hydrogen-bond acceptors (Lipinski definition) is 5. The van der Waals surface area contributed by atoms with Crippen LogP contribution in [-0.2, 0) is 5.41 Å². The van der Waals surface area contributed by atoms with Crippen LogP contribution in [0.3, 0.4) is 0 Å². The van der Waals surface area contributed by atoms with E-state index in [2.05, 4.69) is 19.9 Å². The molecule has 6 rings (SSSR count). The third-order valence-electron chi connectivity index (χ3n) is 7.49. The van der Waals surface area contributed by atoms with E-state index >= 15 is 0 Å². The number of pyridine rings is 2. The number of aromatic nitrogens is 4. The quantitative estimate of drug-likeness (QED) is 0.453. The van der Waals surface area contributed by atoms with Gasteiger partial charge in [-0.25, -0.2) is 18.6 Å². The number of carbonyl (C=O) groups is 1. The van der Waals surface area contributed by atoms with Gasteiger partial charge in [-0.1, -0.05) is 13.8 Å². The number of benzene rings is 1. The van der Waals surface area contributed by atoms with Gasteiger partial charge in [0.05, 0.1) is 11.2 Å². The summed E-state index contributed by atoms with van der Waals surface area (Å²) in [7, 11) is 0. The Bertz CT molecular complexity index is 1590. The smallest absolute Gasteiger partial charge is 0.327 e. The topological polar surface area (TPSA) is 87.1 Å². The van der Waals surface area contributed by atoms with E-state index in [0.717, 1.165) is 30.1 Å². The molecular weight excluding hydrogens is 478 g/mol. The highest BCUT2D eigenvalue weighted by atomic mass is 19.2. The molecule has 1 saturated heterocycles. The van der Waals surface area contributed by atoms with E-state index in [1.165, 1.54) is 11.0 Å². The first kappa shape index (κ1) is 23.3. The minimum absolute atomic E-state index is 0.0447. The molecule has 1 fully saturated rings. The predicted octanol–water partition coefficient (Wildman–Crippen LogP) is 4.18. The fourth-order valence-corrected chi connectivity index (χ4v) is 5.72. The van der Waals surface area contributed by atoms with Crippen LogP contribution in [-0.4, -0.2) is 45.1 Å². The van der Waals surface area contributed by atoms with Crippen molar-refractivity contribution in [3.8, 4) is 0 Å². The molecule has 0 aliphatic carbocycles. The molecule has 2 aliphatic rings. The lowest BCUT2D eigenvalue weighted by molar-refractivity contribution is 0.0981. The maximum absolute atomic E-state index is 14.6. The summed E-state index contributed by atoms with van der Waals surface area (Å²) >= 11 is 0. The van der Waals surface area contributed by atoms with Gasteiger partial charge in [0.2, 0.25) is 0 Å². The highest BCUT2D eigenvalue weighted by Gasteiger charge is 2.42. The molecule has 1 aromatic carbocycles. The number of nitrogens with one attached hydrogen (secondary N) is 1. The molecule has 0 atom stereocenters. The number of anilines is 2. The van der Waals surface area contributed by atoms with Gasteiger partial charge in [-0.15, -0.1) is 0 Å². The lowest BCUT2D eigenvalue weighted by Gasteiger charge is -2.34. The Morgan fingerprint density at radius 3 is 2.65 bits per heavy atom. The fraction of sp³-hybridized carbons (Fsp3) is 0.333. The second-order valence-electron chi connectivity index (χ2n) is 10.3. The molecule has 0 unspecified atom stereocenters. The van der Waals surface area contributed by atoms with E-state index in [1.54, 1.807) is 36.9 Å². The summed E-state index contributed by atoms with van der Waals surface area (Å²) in [4.78, 5) is 41.1. The summed E-state index contributed by atoms with van der Waals surface area (Å²) < 4.78 is 30.3. The predicted molar refractivity (Wildman–Crippen MR) is 136 cm³/mol. The number of piperidine rings is 1. The van der Waals surface area contributed by atoms with Gasteiger partial charge in [-0.05, 0) is 49.2 Å². The minimum Gasteiger partial charge on any atom is -0.371 e. The van der Waals surface area contributed by atoms with E-state index in [-0.39, 0.29) is 35.4 Å². The number of carbonyl (C=O) groups excluding carboxylic acids is 1.